The lowest BCUT2D eigenvalue weighted by Gasteiger charge is -2.45. The van der Waals surface area contributed by atoms with Gasteiger partial charge in [0.05, 0.1) is 45.8 Å². The van der Waals surface area contributed by atoms with E-state index in [1.165, 1.54) is 24.1 Å². The topological polar surface area (TPSA) is 142 Å². The second-order valence-electron chi connectivity index (χ2n) is 10.6. The summed E-state index contributed by atoms with van der Waals surface area (Å²) in [5, 5.41) is 9.36. The standard InChI is InChI=1S/C30H26F3N7O4S/c1-5-24(41)39-14-16(2)38(15-18(39)9-11-34)28-19-13-22(33)26(25-20(31)7-6-8-21(25)32)36-29(19)40(30(42)37-28)27-17(3)35-12-10-23(27)45(4,43)44/h5-8,10,12-13,16,18H,1,9,14-15H2,2-4H3/t16-,18-/m0/s1. The molecular weight excluding hydrogens is 611 g/mol. The van der Waals surface area contributed by atoms with Crippen molar-refractivity contribution < 1.29 is 26.4 Å². The molecule has 0 spiro atoms. The van der Waals surface area contributed by atoms with E-state index in [0.29, 0.717) is 0 Å². The number of nitriles is 1. The second kappa shape index (κ2) is 11.8. The number of halogens is 3. The van der Waals surface area contributed by atoms with Crippen LogP contribution in [0, 0.1) is 35.7 Å². The number of hydrogen-bond donors (Lipinski definition) is 0. The monoisotopic (exact) mass is 637 g/mol. The first-order valence-corrected chi connectivity index (χ1v) is 15.5. The smallest absolute Gasteiger partial charge is 0.349 e. The first-order chi connectivity index (χ1) is 21.3. The average Bonchev–Trinajstić information content (AvgIpc) is 2.97. The number of carbonyl (C=O) groups is 1. The third kappa shape index (κ3) is 5.53. The Morgan fingerprint density at radius 1 is 1.16 bits per heavy atom. The Morgan fingerprint density at radius 3 is 2.47 bits per heavy atom. The molecule has 0 N–H and O–H groups in total. The average molecular weight is 638 g/mol. The van der Waals surface area contributed by atoms with Crippen LogP contribution in [0.25, 0.3) is 28.0 Å². The van der Waals surface area contributed by atoms with Crippen molar-refractivity contribution in [3.8, 4) is 23.0 Å². The summed E-state index contributed by atoms with van der Waals surface area (Å²) in [4.78, 5) is 41.9. The van der Waals surface area contributed by atoms with Gasteiger partial charge in [-0.05, 0) is 44.2 Å². The highest BCUT2D eigenvalue weighted by Gasteiger charge is 2.36. The van der Waals surface area contributed by atoms with Crippen LogP contribution in [0.4, 0.5) is 19.0 Å². The molecule has 11 nitrogen and oxygen atoms in total. The number of aromatic nitrogens is 4. The normalized spacial score (nSPS) is 16.9. The molecule has 4 heterocycles. The van der Waals surface area contributed by atoms with Crippen molar-refractivity contribution in [2.24, 2.45) is 0 Å². The number of anilines is 1. The molecule has 1 amide bonds. The number of aryl methyl sites for hydroxylation is 1. The van der Waals surface area contributed by atoms with Crippen molar-refractivity contribution in [3.63, 3.8) is 0 Å². The zero-order chi connectivity index (χ0) is 32.8. The van der Waals surface area contributed by atoms with E-state index in [1.54, 1.807) is 11.8 Å². The van der Waals surface area contributed by atoms with E-state index in [4.69, 9.17) is 0 Å². The van der Waals surface area contributed by atoms with E-state index < -0.39 is 62.2 Å². The highest BCUT2D eigenvalue weighted by molar-refractivity contribution is 7.90. The molecule has 0 bridgehead atoms. The molecule has 1 aliphatic rings. The van der Waals surface area contributed by atoms with Crippen molar-refractivity contribution in [1.82, 2.24) is 24.4 Å². The molecular formula is C30H26F3N7O4S. The van der Waals surface area contributed by atoms with Crippen LogP contribution >= 0.6 is 0 Å². The summed E-state index contributed by atoms with van der Waals surface area (Å²) < 4.78 is 72.1. The van der Waals surface area contributed by atoms with Crippen LogP contribution in [0.5, 0.6) is 0 Å². The Hall–Kier alpha value is -5.10. The number of hydrogen-bond acceptors (Lipinski definition) is 9. The summed E-state index contributed by atoms with van der Waals surface area (Å²) >= 11 is 0. The highest BCUT2D eigenvalue weighted by Crippen LogP contribution is 2.35. The van der Waals surface area contributed by atoms with E-state index in [9.17, 15) is 32.0 Å². The Balaban J connectivity index is 1.87. The fraction of sp³-hybridized carbons (Fsp3) is 0.267. The van der Waals surface area contributed by atoms with Gasteiger partial charge in [-0.15, -0.1) is 0 Å². The number of carbonyl (C=O) groups excluding carboxylic acids is 1. The number of nitrogens with zero attached hydrogens (tertiary/aromatic N) is 7. The maximum atomic E-state index is 15.9. The van der Waals surface area contributed by atoms with Crippen molar-refractivity contribution in [1.29, 1.82) is 5.26 Å². The summed E-state index contributed by atoms with van der Waals surface area (Å²) in [5.74, 6) is -3.86. The van der Waals surface area contributed by atoms with Gasteiger partial charge in [-0.25, -0.2) is 35.9 Å². The molecule has 5 rings (SSSR count). The number of sulfone groups is 1. The van der Waals surface area contributed by atoms with E-state index in [-0.39, 0.29) is 52.6 Å². The van der Waals surface area contributed by atoms with E-state index in [1.807, 2.05) is 6.07 Å². The minimum absolute atomic E-state index is 0.00564. The number of rotatable bonds is 6. The lowest BCUT2D eigenvalue weighted by atomic mass is 10.0. The summed E-state index contributed by atoms with van der Waals surface area (Å²) in [6, 6.07) is 5.89. The fourth-order valence-electron chi connectivity index (χ4n) is 5.53. The Bertz CT molecular complexity index is 2080. The third-order valence-electron chi connectivity index (χ3n) is 7.59. The lowest BCUT2D eigenvalue weighted by Crippen LogP contribution is -2.59. The Labute approximate surface area is 255 Å². The molecule has 1 saturated heterocycles. The molecule has 1 aromatic carbocycles. The molecule has 4 aromatic rings. The molecule has 0 unspecified atom stereocenters. The van der Waals surface area contributed by atoms with E-state index in [0.717, 1.165) is 41.2 Å². The number of piperazine rings is 1. The van der Waals surface area contributed by atoms with Crippen LogP contribution in [0.15, 0.2) is 58.9 Å². The van der Waals surface area contributed by atoms with Crippen molar-refractivity contribution >= 4 is 32.6 Å². The van der Waals surface area contributed by atoms with Gasteiger partial charge in [0.25, 0.3) is 0 Å². The van der Waals surface area contributed by atoms with Gasteiger partial charge in [0, 0.05) is 31.6 Å². The van der Waals surface area contributed by atoms with Crippen LogP contribution < -0.4 is 10.6 Å². The van der Waals surface area contributed by atoms with Crippen molar-refractivity contribution in [2.75, 3.05) is 24.2 Å². The maximum absolute atomic E-state index is 15.9. The molecule has 2 atom stereocenters. The number of pyridine rings is 2. The van der Waals surface area contributed by atoms with Gasteiger partial charge < -0.3 is 9.80 Å². The minimum atomic E-state index is -3.98. The van der Waals surface area contributed by atoms with Crippen molar-refractivity contribution in [3.05, 3.63) is 82.8 Å². The SMILES string of the molecule is C=CC(=O)N1C[C@H](C)N(c2nc(=O)n(-c3c(S(C)(=O)=O)ccnc3C)c3nc(-c4c(F)cccc4F)c(F)cc23)C[C@@H]1CC#N. The molecule has 15 heteroatoms. The van der Waals surface area contributed by atoms with E-state index in [2.05, 4.69) is 21.5 Å². The van der Waals surface area contributed by atoms with Gasteiger partial charge in [-0.1, -0.05) is 12.6 Å². The molecule has 0 saturated carbocycles. The number of amides is 1. The molecule has 1 fully saturated rings. The Morgan fingerprint density at radius 2 is 1.84 bits per heavy atom. The summed E-state index contributed by atoms with van der Waals surface area (Å²) in [7, 11) is -3.98. The summed E-state index contributed by atoms with van der Waals surface area (Å²) in [6.07, 6.45) is 3.21. The van der Waals surface area contributed by atoms with Gasteiger partial charge in [0.1, 0.15) is 23.1 Å². The maximum Gasteiger partial charge on any atom is 0.355 e. The van der Waals surface area contributed by atoms with Gasteiger partial charge in [0.2, 0.25) is 5.91 Å². The molecule has 232 valence electrons. The first-order valence-electron chi connectivity index (χ1n) is 13.6. The van der Waals surface area contributed by atoms with Crippen LogP contribution in [0.3, 0.4) is 0 Å². The van der Waals surface area contributed by atoms with Crippen LogP contribution in [0.1, 0.15) is 19.0 Å². The quantitative estimate of drug-likeness (QED) is 0.291. The van der Waals surface area contributed by atoms with Gasteiger partial charge >= 0.3 is 5.69 Å². The second-order valence-corrected chi connectivity index (χ2v) is 12.6. The van der Waals surface area contributed by atoms with Crippen molar-refractivity contribution in [2.45, 2.75) is 37.2 Å². The number of fused-ring (bicyclic) bond motifs is 1. The van der Waals surface area contributed by atoms with E-state index >= 15 is 4.39 Å². The molecule has 45 heavy (non-hydrogen) atoms. The van der Waals surface area contributed by atoms with Crippen LogP contribution in [-0.4, -0.2) is 70.2 Å². The first kappa shape index (κ1) is 31.3. The zero-order valence-electron chi connectivity index (χ0n) is 24.3. The molecule has 3 aromatic heterocycles. The lowest BCUT2D eigenvalue weighted by molar-refractivity contribution is -0.129. The summed E-state index contributed by atoms with van der Waals surface area (Å²) in [6.45, 7) is 6.79. The molecule has 0 aliphatic carbocycles. The summed E-state index contributed by atoms with van der Waals surface area (Å²) in [5.41, 5.74) is -3.07. The molecule has 1 aliphatic heterocycles. The third-order valence-corrected chi connectivity index (χ3v) is 8.72. The predicted octanol–water partition coefficient (Wildman–Crippen LogP) is 3.48. The van der Waals surface area contributed by atoms with Gasteiger partial charge in [-0.3, -0.25) is 9.78 Å². The van der Waals surface area contributed by atoms with Gasteiger partial charge in [-0.2, -0.15) is 10.2 Å². The largest absolute Gasteiger partial charge is 0.355 e. The van der Waals surface area contributed by atoms with Crippen LogP contribution in [0.2, 0.25) is 0 Å². The van der Waals surface area contributed by atoms with Crippen LogP contribution in [-0.2, 0) is 14.6 Å². The minimum Gasteiger partial charge on any atom is -0.349 e. The fourth-order valence-corrected chi connectivity index (χ4v) is 6.43. The molecule has 0 radical (unpaired) electrons. The predicted molar refractivity (Wildman–Crippen MR) is 159 cm³/mol. The van der Waals surface area contributed by atoms with Gasteiger partial charge in [0.15, 0.2) is 21.3 Å². The zero-order valence-corrected chi connectivity index (χ0v) is 25.1. The number of benzene rings is 1. The highest BCUT2D eigenvalue weighted by atomic mass is 32.2. The Kier molecular flexibility index (Phi) is 8.19.